The van der Waals surface area contributed by atoms with Gasteiger partial charge in [-0.3, -0.25) is 4.79 Å². The fraction of sp³-hybridized carbons (Fsp3) is 0.250. The predicted octanol–water partition coefficient (Wildman–Crippen LogP) is 1.07. The van der Waals surface area contributed by atoms with E-state index in [0.29, 0.717) is 0 Å². The number of alkyl halides is 3. The number of hydrogen-bond donors (Lipinski definition) is 2. The van der Waals surface area contributed by atoms with Gasteiger partial charge in [0.2, 0.25) is 0 Å². The minimum atomic E-state index is -4.95. The van der Waals surface area contributed by atoms with Crippen LogP contribution in [0.15, 0.2) is 18.2 Å². The van der Waals surface area contributed by atoms with Gasteiger partial charge in [-0.15, -0.1) is 0 Å². The van der Waals surface area contributed by atoms with Crippen LogP contribution in [0, 0.1) is 0 Å². The Balaban J connectivity index is 2.77. The molecule has 1 aromatic rings. The van der Waals surface area contributed by atoms with Crippen molar-refractivity contribution in [2.75, 3.05) is 5.32 Å². The number of aromatic nitrogens is 1. The molecule has 1 amide bonds. The van der Waals surface area contributed by atoms with E-state index >= 15 is 0 Å². The Hall–Kier alpha value is -1.63. The summed E-state index contributed by atoms with van der Waals surface area (Å²) < 4.78 is 35.5. The zero-order chi connectivity index (χ0) is 11.5. The summed E-state index contributed by atoms with van der Waals surface area (Å²) in [5, 5.41) is 10.2. The molecule has 0 aliphatic heterocycles. The molecule has 15 heavy (non-hydrogen) atoms. The number of aliphatic hydroxyl groups excluding tert-OH is 1. The SMILES string of the molecule is O=C(Nc1cccc(CO)n1)C(F)(F)F. The molecule has 0 spiro atoms. The molecule has 2 N–H and O–H groups in total. The number of aliphatic hydroxyl groups is 1. The highest BCUT2D eigenvalue weighted by Gasteiger charge is 2.38. The molecule has 7 heteroatoms. The van der Waals surface area contributed by atoms with Gasteiger partial charge in [-0.05, 0) is 12.1 Å². The standard InChI is InChI=1S/C8H7F3N2O2/c9-8(10,11)7(15)13-6-3-1-2-5(4-14)12-6/h1-3,14H,4H2,(H,12,13,15). The molecule has 0 aliphatic carbocycles. The molecular formula is C8H7F3N2O2. The fourth-order valence-corrected chi connectivity index (χ4v) is 0.824. The van der Waals surface area contributed by atoms with Crippen LogP contribution in [0.4, 0.5) is 19.0 Å². The summed E-state index contributed by atoms with van der Waals surface area (Å²) in [4.78, 5) is 14.1. The minimum Gasteiger partial charge on any atom is -0.390 e. The molecule has 1 heterocycles. The van der Waals surface area contributed by atoms with Gasteiger partial charge in [-0.25, -0.2) is 4.98 Å². The van der Waals surface area contributed by atoms with Crippen LogP contribution in [0.25, 0.3) is 0 Å². The van der Waals surface area contributed by atoms with E-state index in [2.05, 4.69) is 4.98 Å². The second kappa shape index (κ2) is 4.26. The normalized spacial score (nSPS) is 11.2. The third kappa shape index (κ3) is 3.21. The van der Waals surface area contributed by atoms with Gasteiger partial charge in [0, 0.05) is 0 Å². The number of amides is 1. The lowest BCUT2D eigenvalue weighted by Gasteiger charge is -2.07. The topological polar surface area (TPSA) is 62.2 Å². The van der Waals surface area contributed by atoms with Gasteiger partial charge in [0.25, 0.3) is 0 Å². The number of hydrogen-bond acceptors (Lipinski definition) is 3. The van der Waals surface area contributed by atoms with Gasteiger partial charge in [-0.1, -0.05) is 6.07 Å². The van der Waals surface area contributed by atoms with E-state index in [0.717, 1.165) is 0 Å². The molecule has 0 saturated carbocycles. The summed E-state index contributed by atoms with van der Waals surface area (Å²) in [6, 6.07) is 4.00. The molecule has 1 rings (SSSR count). The summed E-state index contributed by atoms with van der Waals surface area (Å²) in [6.45, 7) is -0.407. The number of rotatable bonds is 2. The first-order valence-corrected chi connectivity index (χ1v) is 3.88. The Bertz CT molecular complexity index is 365. The molecule has 0 bridgehead atoms. The van der Waals surface area contributed by atoms with Crippen LogP contribution in [-0.4, -0.2) is 22.2 Å². The number of halogens is 3. The zero-order valence-electron chi connectivity index (χ0n) is 7.38. The Morgan fingerprint density at radius 2 is 2.13 bits per heavy atom. The summed E-state index contributed by atoms with van der Waals surface area (Å²) in [6.07, 6.45) is -4.95. The van der Waals surface area contributed by atoms with Crippen molar-refractivity contribution in [3.63, 3.8) is 0 Å². The molecule has 4 nitrogen and oxygen atoms in total. The van der Waals surface area contributed by atoms with Crippen molar-refractivity contribution < 1.29 is 23.1 Å². The van der Waals surface area contributed by atoms with Crippen molar-refractivity contribution in [1.29, 1.82) is 0 Å². The van der Waals surface area contributed by atoms with Gasteiger partial charge in [0.1, 0.15) is 5.82 Å². The van der Waals surface area contributed by atoms with Crippen molar-refractivity contribution in [2.24, 2.45) is 0 Å². The maximum Gasteiger partial charge on any atom is 0.471 e. The largest absolute Gasteiger partial charge is 0.471 e. The second-order valence-electron chi connectivity index (χ2n) is 2.62. The highest BCUT2D eigenvalue weighted by atomic mass is 19.4. The van der Waals surface area contributed by atoms with E-state index in [-0.39, 0.29) is 11.5 Å². The third-order valence-corrected chi connectivity index (χ3v) is 1.47. The Labute approximate surface area is 82.7 Å². The quantitative estimate of drug-likeness (QED) is 0.783. The zero-order valence-corrected chi connectivity index (χ0v) is 7.38. The van der Waals surface area contributed by atoms with Crippen LogP contribution in [0.1, 0.15) is 5.69 Å². The smallest absolute Gasteiger partial charge is 0.390 e. The van der Waals surface area contributed by atoms with Gasteiger partial charge in [0.05, 0.1) is 12.3 Å². The van der Waals surface area contributed by atoms with Gasteiger partial charge in [0.15, 0.2) is 0 Å². The molecule has 0 fully saturated rings. The van der Waals surface area contributed by atoms with Crippen LogP contribution in [0.5, 0.6) is 0 Å². The van der Waals surface area contributed by atoms with Crippen molar-refractivity contribution in [3.8, 4) is 0 Å². The molecule has 1 aromatic heterocycles. The fourth-order valence-electron chi connectivity index (χ4n) is 0.824. The average molecular weight is 220 g/mol. The Morgan fingerprint density at radius 3 is 2.67 bits per heavy atom. The second-order valence-corrected chi connectivity index (χ2v) is 2.62. The van der Waals surface area contributed by atoms with E-state index in [1.807, 2.05) is 0 Å². The first kappa shape index (κ1) is 11.4. The number of anilines is 1. The van der Waals surface area contributed by atoms with Gasteiger partial charge >= 0.3 is 12.1 Å². The Morgan fingerprint density at radius 1 is 1.47 bits per heavy atom. The number of carbonyl (C=O) groups excluding carboxylic acids is 1. The molecule has 0 radical (unpaired) electrons. The summed E-state index contributed by atoms with van der Waals surface area (Å²) >= 11 is 0. The van der Waals surface area contributed by atoms with Crippen molar-refractivity contribution in [1.82, 2.24) is 4.98 Å². The van der Waals surface area contributed by atoms with Crippen LogP contribution in [0.2, 0.25) is 0 Å². The number of nitrogens with zero attached hydrogens (tertiary/aromatic N) is 1. The molecule has 0 aromatic carbocycles. The van der Waals surface area contributed by atoms with Crippen LogP contribution < -0.4 is 5.32 Å². The van der Waals surface area contributed by atoms with E-state index in [1.165, 1.54) is 18.2 Å². The number of nitrogens with one attached hydrogen (secondary N) is 1. The number of pyridine rings is 1. The van der Waals surface area contributed by atoms with Gasteiger partial charge in [-0.2, -0.15) is 13.2 Å². The van der Waals surface area contributed by atoms with Gasteiger partial charge < -0.3 is 10.4 Å². The molecule has 82 valence electrons. The number of carbonyl (C=O) groups is 1. The van der Waals surface area contributed by atoms with Crippen molar-refractivity contribution in [3.05, 3.63) is 23.9 Å². The lowest BCUT2D eigenvalue weighted by Crippen LogP contribution is -2.30. The molecule has 0 atom stereocenters. The average Bonchev–Trinajstić information content (AvgIpc) is 2.16. The summed E-state index contributed by atoms with van der Waals surface area (Å²) in [5.41, 5.74) is 0.176. The lowest BCUT2D eigenvalue weighted by molar-refractivity contribution is -0.167. The van der Waals surface area contributed by atoms with E-state index in [4.69, 9.17) is 5.11 Å². The molecule has 0 saturated heterocycles. The Kier molecular flexibility index (Phi) is 3.25. The van der Waals surface area contributed by atoms with Crippen molar-refractivity contribution in [2.45, 2.75) is 12.8 Å². The monoisotopic (exact) mass is 220 g/mol. The summed E-state index contributed by atoms with van der Waals surface area (Å²) in [5.74, 6) is -2.34. The lowest BCUT2D eigenvalue weighted by atomic mass is 10.3. The first-order valence-electron chi connectivity index (χ1n) is 3.88. The maximum absolute atomic E-state index is 11.8. The summed E-state index contributed by atoms with van der Waals surface area (Å²) in [7, 11) is 0. The van der Waals surface area contributed by atoms with Crippen molar-refractivity contribution >= 4 is 11.7 Å². The van der Waals surface area contributed by atoms with E-state index in [9.17, 15) is 18.0 Å². The molecular weight excluding hydrogens is 213 g/mol. The minimum absolute atomic E-state index is 0.176. The van der Waals surface area contributed by atoms with Crippen LogP contribution in [0.3, 0.4) is 0 Å². The molecule has 0 unspecified atom stereocenters. The van der Waals surface area contributed by atoms with E-state index < -0.39 is 18.7 Å². The third-order valence-electron chi connectivity index (χ3n) is 1.47. The van der Waals surface area contributed by atoms with E-state index in [1.54, 1.807) is 5.32 Å². The van der Waals surface area contributed by atoms with Crippen LogP contribution in [-0.2, 0) is 11.4 Å². The maximum atomic E-state index is 11.8. The molecule has 0 aliphatic rings. The predicted molar refractivity (Wildman–Crippen MR) is 44.8 cm³/mol. The van der Waals surface area contributed by atoms with Crippen LogP contribution >= 0.6 is 0 Å². The highest BCUT2D eigenvalue weighted by molar-refractivity contribution is 5.94. The first-order chi connectivity index (χ1) is 6.93. The highest BCUT2D eigenvalue weighted by Crippen LogP contribution is 2.17.